The minimum Gasteiger partial charge on any atom is -0.490 e. The van der Waals surface area contributed by atoms with Crippen LogP contribution < -0.4 is 9.47 Å². The third-order valence-electron chi connectivity index (χ3n) is 5.74. The smallest absolute Gasteiger partial charge is 0.416 e. The predicted octanol–water partition coefficient (Wildman–Crippen LogP) is 5.69. The maximum absolute atomic E-state index is 13.8. The first-order valence-electron chi connectivity index (χ1n) is 11.5. The van der Waals surface area contributed by atoms with E-state index in [0.717, 1.165) is 12.3 Å². The van der Waals surface area contributed by atoms with Crippen LogP contribution in [0.3, 0.4) is 0 Å². The summed E-state index contributed by atoms with van der Waals surface area (Å²) in [7, 11) is -3.59. The molecule has 0 atom stereocenters. The lowest BCUT2D eigenvalue weighted by atomic mass is 10.0. The first-order chi connectivity index (χ1) is 16.9. The van der Waals surface area contributed by atoms with E-state index in [1.165, 1.54) is 23.1 Å². The van der Waals surface area contributed by atoms with Crippen molar-refractivity contribution < 1.29 is 44.6 Å². The molecule has 0 saturated carbocycles. The van der Waals surface area contributed by atoms with Gasteiger partial charge >= 0.3 is 6.18 Å². The van der Waals surface area contributed by atoms with Gasteiger partial charge in [-0.05, 0) is 50.2 Å². The highest BCUT2D eigenvalue weighted by Crippen LogP contribution is 2.38. The molecule has 0 radical (unpaired) electrons. The number of amides is 1. The van der Waals surface area contributed by atoms with Gasteiger partial charge in [0.05, 0.1) is 22.1 Å². The Labute approximate surface area is 212 Å². The maximum Gasteiger partial charge on any atom is 0.416 e. The molecule has 0 bridgehead atoms. The van der Waals surface area contributed by atoms with Crippen molar-refractivity contribution in [1.29, 1.82) is 0 Å². The molecule has 37 heavy (non-hydrogen) atoms. The SMILES string of the molecule is CC(C)Oc1ccc(S(C)(=O)=O)cc1C(=O)N1CCC(Oc2cc(C(C)(F)F)cc(C(F)(F)F)c2)CC1. The van der Waals surface area contributed by atoms with Gasteiger partial charge in [0, 0.05) is 44.7 Å². The van der Waals surface area contributed by atoms with E-state index >= 15 is 0 Å². The van der Waals surface area contributed by atoms with Crippen molar-refractivity contribution in [2.75, 3.05) is 19.3 Å². The van der Waals surface area contributed by atoms with Gasteiger partial charge in [0.25, 0.3) is 11.8 Å². The number of hydrogen-bond acceptors (Lipinski definition) is 5. The lowest BCUT2D eigenvalue weighted by molar-refractivity contribution is -0.138. The molecule has 1 aliphatic rings. The van der Waals surface area contributed by atoms with Gasteiger partial charge in [-0.2, -0.15) is 13.2 Å². The van der Waals surface area contributed by atoms with Crippen molar-refractivity contribution in [3.63, 3.8) is 0 Å². The van der Waals surface area contributed by atoms with Crippen molar-refractivity contribution in [2.45, 2.75) is 62.8 Å². The van der Waals surface area contributed by atoms with Crippen LogP contribution in [0.1, 0.15) is 55.1 Å². The molecule has 0 unspecified atom stereocenters. The average molecular weight is 550 g/mol. The summed E-state index contributed by atoms with van der Waals surface area (Å²) < 4.78 is 103. The summed E-state index contributed by atoms with van der Waals surface area (Å²) in [6, 6.07) is 6.00. The summed E-state index contributed by atoms with van der Waals surface area (Å²) in [6.07, 6.45) is -4.23. The number of alkyl halides is 5. The highest BCUT2D eigenvalue weighted by Gasteiger charge is 2.35. The first-order valence-corrected chi connectivity index (χ1v) is 13.4. The van der Waals surface area contributed by atoms with Gasteiger partial charge in [0.2, 0.25) is 0 Å². The summed E-state index contributed by atoms with van der Waals surface area (Å²) in [5.74, 6) is -4.07. The molecule has 204 valence electrons. The topological polar surface area (TPSA) is 72.9 Å². The second kappa shape index (κ2) is 10.5. The van der Waals surface area contributed by atoms with Gasteiger partial charge in [0.1, 0.15) is 17.6 Å². The summed E-state index contributed by atoms with van der Waals surface area (Å²) >= 11 is 0. The molecule has 0 N–H and O–H groups in total. The number of nitrogens with zero attached hydrogens (tertiary/aromatic N) is 1. The molecule has 1 saturated heterocycles. The van der Waals surface area contributed by atoms with E-state index in [1.807, 2.05) is 0 Å². The van der Waals surface area contributed by atoms with Gasteiger partial charge in [-0.15, -0.1) is 0 Å². The van der Waals surface area contributed by atoms with Gasteiger partial charge in [-0.3, -0.25) is 4.79 Å². The number of sulfone groups is 1. The molecule has 0 aliphatic carbocycles. The zero-order chi connectivity index (χ0) is 27.8. The van der Waals surface area contributed by atoms with E-state index in [2.05, 4.69) is 0 Å². The van der Waals surface area contributed by atoms with E-state index in [-0.39, 0.29) is 54.0 Å². The number of rotatable bonds is 7. The summed E-state index contributed by atoms with van der Waals surface area (Å²) in [6.45, 7) is 4.34. The second-order valence-electron chi connectivity index (χ2n) is 9.34. The number of carbonyl (C=O) groups excluding carboxylic acids is 1. The molecular weight excluding hydrogens is 521 g/mol. The standard InChI is InChI=1S/C25H28F5NO5S/c1-15(2)35-22-6-5-20(37(4,33)34)14-21(22)23(32)31-9-7-18(8-10-31)36-19-12-16(24(3,26)27)11-17(13-19)25(28,29)30/h5-6,11-15,18H,7-10H2,1-4H3. The number of carbonyl (C=O) groups is 1. The van der Waals surface area contributed by atoms with E-state index in [0.29, 0.717) is 19.1 Å². The highest BCUT2D eigenvalue weighted by molar-refractivity contribution is 7.90. The maximum atomic E-state index is 13.8. The van der Waals surface area contributed by atoms with Gasteiger partial charge < -0.3 is 14.4 Å². The Hall–Kier alpha value is -2.89. The predicted molar refractivity (Wildman–Crippen MR) is 126 cm³/mol. The molecule has 3 rings (SSSR count). The molecule has 0 spiro atoms. The van der Waals surface area contributed by atoms with Crippen LogP contribution in [-0.2, 0) is 21.9 Å². The van der Waals surface area contributed by atoms with Gasteiger partial charge in [-0.1, -0.05) is 0 Å². The van der Waals surface area contributed by atoms with Crippen LogP contribution in [0.2, 0.25) is 0 Å². The Balaban J connectivity index is 1.77. The van der Waals surface area contributed by atoms with Crippen LogP contribution in [0.15, 0.2) is 41.3 Å². The highest BCUT2D eigenvalue weighted by atomic mass is 32.2. The largest absolute Gasteiger partial charge is 0.490 e. The number of likely N-dealkylation sites (tertiary alicyclic amines) is 1. The molecule has 2 aromatic carbocycles. The van der Waals surface area contributed by atoms with E-state index in [9.17, 15) is 35.2 Å². The van der Waals surface area contributed by atoms with Crippen LogP contribution in [0, 0.1) is 0 Å². The van der Waals surface area contributed by atoms with Gasteiger partial charge in [0.15, 0.2) is 9.84 Å². The Morgan fingerprint density at radius 1 is 1.00 bits per heavy atom. The molecule has 1 aliphatic heterocycles. The lowest BCUT2D eigenvalue weighted by Crippen LogP contribution is -2.42. The third-order valence-corrected chi connectivity index (χ3v) is 6.86. The Morgan fingerprint density at radius 3 is 2.11 bits per heavy atom. The van der Waals surface area contributed by atoms with Crippen molar-refractivity contribution >= 4 is 15.7 Å². The number of benzene rings is 2. The van der Waals surface area contributed by atoms with Crippen LogP contribution >= 0.6 is 0 Å². The molecule has 2 aromatic rings. The molecule has 6 nitrogen and oxygen atoms in total. The fourth-order valence-corrected chi connectivity index (χ4v) is 4.53. The first kappa shape index (κ1) is 28.7. The van der Waals surface area contributed by atoms with Crippen LogP contribution in [-0.4, -0.2) is 50.8 Å². The summed E-state index contributed by atoms with van der Waals surface area (Å²) in [5.41, 5.74) is -1.98. The molecule has 1 fully saturated rings. The Kier molecular flexibility index (Phi) is 8.11. The van der Waals surface area contributed by atoms with Crippen molar-refractivity contribution in [1.82, 2.24) is 4.90 Å². The number of halogens is 5. The molecule has 0 aromatic heterocycles. The average Bonchev–Trinajstić information content (AvgIpc) is 2.77. The molecule has 1 heterocycles. The fraction of sp³-hybridized carbons (Fsp3) is 0.480. The molecule has 12 heteroatoms. The normalized spacial score (nSPS) is 15.7. The molecular formula is C25H28F5NO5S. The zero-order valence-electron chi connectivity index (χ0n) is 20.7. The summed E-state index contributed by atoms with van der Waals surface area (Å²) in [5, 5.41) is 0. The van der Waals surface area contributed by atoms with Crippen molar-refractivity contribution in [3.05, 3.63) is 53.1 Å². The van der Waals surface area contributed by atoms with Crippen LogP contribution in [0.25, 0.3) is 0 Å². The Bertz CT molecular complexity index is 1210. The Morgan fingerprint density at radius 2 is 1.59 bits per heavy atom. The van der Waals surface area contributed by atoms with E-state index < -0.39 is 45.1 Å². The quantitative estimate of drug-likeness (QED) is 0.415. The number of ether oxygens (including phenoxy) is 2. The van der Waals surface area contributed by atoms with Crippen LogP contribution in [0.4, 0.5) is 22.0 Å². The monoisotopic (exact) mass is 549 g/mol. The van der Waals surface area contributed by atoms with E-state index in [4.69, 9.17) is 9.47 Å². The lowest BCUT2D eigenvalue weighted by Gasteiger charge is -2.33. The minimum absolute atomic E-state index is 0.0433. The molecule has 1 amide bonds. The third kappa shape index (κ3) is 7.33. The number of hydrogen-bond donors (Lipinski definition) is 0. The zero-order valence-corrected chi connectivity index (χ0v) is 21.6. The van der Waals surface area contributed by atoms with Crippen LogP contribution in [0.5, 0.6) is 11.5 Å². The van der Waals surface area contributed by atoms with Crippen molar-refractivity contribution in [2.24, 2.45) is 0 Å². The number of piperidine rings is 1. The fourth-order valence-electron chi connectivity index (χ4n) is 3.89. The minimum atomic E-state index is -4.83. The van der Waals surface area contributed by atoms with Gasteiger partial charge in [-0.25, -0.2) is 17.2 Å². The van der Waals surface area contributed by atoms with Crippen molar-refractivity contribution in [3.8, 4) is 11.5 Å². The summed E-state index contributed by atoms with van der Waals surface area (Å²) in [4.78, 5) is 14.7. The van der Waals surface area contributed by atoms with E-state index in [1.54, 1.807) is 13.8 Å². The second-order valence-corrected chi connectivity index (χ2v) is 11.4.